The normalized spacial score (nSPS) is 10.7. The molecule has 15 heavy (non-hydrogen) atoms. The van der Waals surface area contributed by atoms with Crippen molar-refractivity contribution in [3.05, 3.63) is 0 Å². The molecule has 0 amide bonds. The van der Waals surface area contributed by atoms with Gasteiger partial charge in [-0.15, -0.1) is 0 Å². The summed E-state index contributed by atoms with van der Waals surface area (Å²) in [5.74, 6) is 0.374. The Morgan fingerprint density at radius 3 is 2.40 bits per heavy atom. The molecule has 0 rings (SSSR count). The van der Waals surface area contributed by atoms with Crippen molar-refractivity contribution in [3.63, 3.8) is 0 Å². The van der Waals surface area contributed by atoms with E-state index in [1.54, 1.807) is 0 Å². The van der Waals surface area contributed by atoms with E-state index in [9.17, 15) is 4.79 Å². The summed E-state index contributed by atoms with van der Waals surface area (Å²) in [7, 11) is 1.39. The Morgan fingerprint density at radius 2 is 1.80 bits per heavy atom. The van der Waals surface area contributed by atoms with E-state index in [1.165, 1.54) is 7.11 Å². The van der Waals surface area contributed by atoms with Gasteiger partial charge >= 0.3 is 5.97 Å². The highest BCUT2D eigenvalue weighted by atomic mass is 16.5. The van der Waals surface area contributed by atoms with E-state index in [-0.39, 0.29) is 5.97 Å². The van der Waals surface area contributed by atoms with Crippen molar-refractivity contribution in [1.29, 1.82) is 0 Å². The summed E-state index contributed by atoms with van der Waals surface area (Å²) >= 11 is 0. The summed E-state index contributed by atoms with van der Waals surface area (Å²) in [6, 6.07) is 0. The molecule has 0 aromatic heterocycles. The maximum atomic E-state index is 10.7. The second-order valence-electron chi connectivity index (χ2n) is 3.76. The van der Waals surface area contributed by atoms with Crippen LogP contribution in [0.3, 0.4) is 0 Å². The Bertz CT molecular complexity index is 157. The number of esters is 1. The van der Waals surface area contributed by atoms with E-state index in [1.807, 2.05) is 0 Å². The minimum Gasteiger partial charge on any atom is -0.469 e. The molecule has 0 N–H and O–H groups in total. The SMILES string of the molecule is COC(=O)CCCOCCOCC(C)C. The molecular formula is C11H22O4. The molecule has 4 heteroatoms. The van der Waals surface area contributed by atoms with Crippen LogP contribution in [-0.2, 0) is 19.0 Å². The van der Waals surface area contributed by atoms with Gasteiger partial charge in [0.15, 0.2) is 0 Å². The molecule has 0 spiro atoms. The van der Waals surface area contributed by atoms with Crippen LogP contribution in [0.1, 0.15) is 26.7 Å². The smallest absolute Gasteiger partial charge is 0.305 e. The average Bonchev–Trinajstić information content (AvgIpc) is 2.21. The van der Waals surface area contributed by atoms with Crippen molar-refractivity contribution in [2.45, 2.75) is 26.7 Å². The highest BCUT2D eigenvalue weighted by Gasteiger charge is 1.99. The molecule has 0 fully saturated rings. The zero-order valence-electron chi connectivity index (χ0n) is 9.95. The monoisotopic (exact) mass is 218 g/mol. The van der Waals surface area contributed by atoms with Crippen LogP contribution in [0.15, 0.2) is 0 Å². The number of hydrogen-bond donors (Lipinski definition) is 0. The zero-order chi connectivity index (χ0) is 11.5. The van der Waals surface area contributed by atoms with Gasteiger partial charge in [-0.1, -0.05) is 13.8 Å². The van der Waals surface area contributed by atoms with Crippen molar-refractivity contribution in [1.82, 2.24) is 0 Å². The Labute approximate surface area is 91.9 Å². The van der Waals surface area contributed by atoms with Gasteiger partial charge in [0, 0.05) is 19.6 Å². The van der Waals surface area contributed by atoms with Crippen LogP contribution in [0.2, 0.25) is 0 Å². The lowest BCUT2D eigenvalue weighted by Gasteiger charge is -2.07. The second-order valence-corrected chi connectivity index (χ2v) is 3.76. The maximum absolute atomic E-state index is 10.7. The zero-order valence-corrected chi connectivity index (χ0v) is 9.95. The summed E-state index contributed by atoms with van der Waals surface area (Å²) in [5, 5.41) is 0. The molecule has 0 aliphatic heterocycles. The topological polar surface area (TPSA) is 44.8 Å². The lowest BCUT2D eigenvalue weighted by Crippen LogP contribution is -2.10. The number of carbonyl (C=O) groups excluding carboxylic acids is 1. The first-order chi connectivity index (χ1) is 7.16. The van der Waals surface area contributed by atoms with E-state index >= 15 is 0 Å². The first-order valence-electron chi connectivity index (χ1n) is 5.39. The lowest BCUT2D eigenvalue weighted by molar-refractivity contribution is -0.141. The summed E-state index contributed by atoms with van der Waals surface area (Å²) in [5.41, 5.74) is 0. The van der Waals surface area contributed by atoms with E-state index in [4.69, 9.17) is 9.47 Å². The van der Waals surface area contributed by atoms with Crippen molar-refractivity contribution in [3.8, 4) is 0 Å². The Kier molecular flexibility index (Phi) is 9.52. The lowest BCUT2D eigenvalue weighted by atomic mass is 10.2. The van der Waals surface area contributed by atoms with Crippen molar-refractivity contribution >= 4 is 5.97 Å². The fourth-order valence-corrected chi connectivity index (χ4v) is 0.960. The molecule has 0 saturated carbocycles. The van der Waals surface area contributed by atoms with Gasteiger partial charge in [-0.2, -0.15) is 0 Å². The van der Waals surface area contributed by atoms with Crippen molar-refractivity contribution in [2.24, 2.45) is 5.92 Å². The molecule has 0 aliphatic rings. The van der Waals surface area contributed by atoms with Crippen LogP contribution >= 0.6 is 0 Å². The summed E-state index contributed by atoms with van der Waals surface area (Å²) in [4.78, 5) is 10.7. The number of rotatable bonds is 9. The van der Waals surface area contributed by atoms with Crippen LogP contribution in [0, 0.1) is 5.92 Å². The van der Waals surface area contributed by atoms with Crippen molar-refractivity contribution < 1.29 is 19.0 Å². The van der Waals surface area contributed by atoms with Crippen LogP contribution in [0.4, 0.5) is 0 Å². The van der Waals surface area contributed by atoms with Gasteiger partial charge in [-0.25, -0.2) is 0 Å². The van der Waals surface area contributed by atoms with E-state index in [0.717, 1.165) is 6.61 Å². The van der Waals surface area contributed by atoms with Gasteiger partial charge in [0.25, 0.3) is 0 Å². The highest BCUT2D eigenvalue weighted by molar-refractivity contribution is 5.68. The van der Waals surface area contributed by atoms with Crippen LogP contribution < -0.4 is 0 Å². The largest absolute Gasteiger partial charge is 0.469 e. The third kappa shape index (κ3) is 11.3. The molecule has 0 aromatic rings. The number of carbonyl (C=O) groups is 1. The van der Waals surface area contributed by atoms with Crippen LogP contribution in [0.5, 0.6) is 0 Å². The standard InChI is InChI=1S/C11H22O4/c1-10(2)9-15-8-7-14-6-4-5-11(12)13-3/h10H,4-9H2,1-3H3. The average molecular weight is 218 g/mol. The van der Waals surface area contributed by atoms with Crippen LogP contribution in [-0.4, -0.2) is 39.5 Å². The molecule has 0 bridgehead atoms. The Balaban J connectivity index is 3.02. The molecule has 0 aliphatic carbocycles. The summed E-state index contributed by atoms with van der Waals surface area (Å²) < 4.78 is 15.1. The Hall–Kier alpha value is -0.610. The van der Waals surface area contributed by atoms with Gasteiger partial charge in [-0.3, -0.25) is 4.79 Å². The van der Waals surface area contributed by atoms with Gasteiger partial charge in [-0.05, 0) is 12.3 Å². The first kappa shape index (κ1) is 14.4. The quantitative estimate of drug-likeness (QED) is 0.436. The number of ether oxygens (including phenoxy) is 3. The summed E-state index contributed by atoms with van der Waals surface area (Å²) in [6.07, 6.45) is 1.13. The van der Waals surface area contributed by atoms with Gasteiger partial charge in [0.05, 0.1) is 20.3 Å². The van der Waals surface area contributed by atoms with Crippen LogP contribution in [0.25, 0.3) is 0 Å². The molecule has 0 aromatic carbocycles. The molecule has 0 heterocycles. The molecular weight excluding hydrogens is 196 g/mol. The molecule has 0 saturated heterocycles. The third-order valence-electron chi connectivity index (χ3n) is 1.72. The molecule has 0 atom stereocenters. The summed E-state index contributed by atoms with van der Waals surface area (Å²) in [6.45, 7) is 6.78. The molecule has 0 unspecified atom stereocenters. The minimum absolute atomic E-state index is 0.186. The second kappa shape index (κ2) is 9.93. The number of hydrogen-bond acceptors (Lipinski definition) is 4. The molecule has 90 valence electrons. The van der Waals surface area contributed by atoms with Gasteiger partial charge < -0.3 is 14.2 Å². The van der Waals surface area contributed by atoms with E-state index in [2.05, 4.69) is 18.6 Å². The minimum atomic E-state index is -0.186. The fraction of sp³-hybridized carbons (Fsp3) is 0.909. The highest BCUT2D eigenvalue weighted by Crippen LogP contribution is 1.94. The third-order valence-corrected chi connectivity index (χ3v) is 1.72. The number of methoxy groups -OCH3 is 1. The predicted octanol–water partition coefficient (Wildman–Crippen LogP) is 1.63. The van der Waals surface area contributed by atoms with Crippen molar-refractivity contribution in [2.75, 3.05) is 33.5 Å². The first-order valence-corrected chi connectivity index (χ1v) is 5.39. The van der Waals surface area contributed by atoms with Gasteiger partial charge in [0.1, 0.15) is 0 Å². The van der Waals surface area contributed by atoms with E-state index in [0.29, 0.717) is 38.6 Å². The molecule has 0 radical (unpaired) electrons. The van der Waals surface area contributed by atoms with E-state index < -0.39 is 0 Å². The van der Waals surface area contributed by atoms with Gasteiger partial charge in [0.2, 0.25) is 0 Å². The predicted molar refractivity (Wildman–Crippen MR) is 57.7 cm³/mol. The fourth-order valence-electron chi connectivity index (χ4n) is 0.960. The molecule has 4 nitrogen and oxygen atoms in total. The maximum Gasteiger partial charge on any atom is 0.305 e. The Morgan fingerprint density at radius 1 is 1.13 bits per heavy atom.